The van der Waals surface area contributed by atoms with E-state index in [1.165, 1.54) is 0 Å². The van der Waals surface area contributed by atoms with Crippen LogP contribution in [0, 0.1) is 0 Å². The van der Waals surface area contributed by atoms with Gasteiger partial charge in [0.25, 0.3) is 0 Å². The van der Waals surface area contributed by atoms with Crippen LogP contribution in [0.3, 0.4) is 0 Å². The second-order valence-corrected chi connectivity index (χ2v) is 5.08. The molecule has 19 heavy (non-hydrogen) atoms. The fourth-order valence-electron chi connectivity index (χ4n) is 1.65. The van der Waals surface area contributed by atoms with Gasteiger partial charge in [0.2, 0.25) is 0 Å². The first kappa shape index (κ1) is 15.5. The van der Waals surface area contributed by atoms with Crippen LogP contribution in [0.1, 0.15) is 18.4 Å². The van der Waals surface area contributed by atoms with E-state index in [1.807, 2.05) is 31.3 Å². The summed E-state index contributed by atoms with van der Waals surface area (Å²) in [5.74, 6) is -0.947. The number of carboxylic acids is 1. The van der Waals surface area contributed by atoms with E-state index in [9.17, 15) is 4.79 Å². The molecule has 1 N–H and O–H groups in total. The third-order valence-corrected chi connectivity index (χ3v) is 3.42. The SMILES string of the molecule is C=CCCCN(C)c1ccc(/C=C/C(=O)O)c(Br)c1. The van der Waals surface area contributed by atoms with Gasteiger partial charge in [0.1, 0.15) is 0 Å². The molecule has 0 fully saturated rings. The summed E-state index contributed by atoms with van der Waals surface area (Å²) in [6.07, 6.45) is 6.70. The molecular weight excluding hydrogens is 306 g/mol. The quantitative estimate of drug-likeness (QED) is 0.469. The van der Waals surface area contributed by atoms with Crippen LogP contribution in [0.2, 0.25) is 0 Å². The highest BCUT2D eigenvalue weighted by atomic mass is 79.9. The summed E-state index contributed by atoms with van der Waals surface area (Å²) in [5, 5.41) is 8.61. The Hall–Kier alpha value is -1.55. The molecule has 0 saturated carbocycles. The van der Waals surface area contributed by atoms with E-state index in [1.54, 1.807) is 6.08 Å². The number of hydrogen-bond acceptors (Lipinski definition) is 2. The lowest BCUT2D eigenvalue weighted by atomic mass is 10.1. The molecule has 0 aliphatic heterocycles. The highest BCUT2D eigenvalue weighted by Gasteiger charge is 2.03. The first-order valence-corrected chi connectivity index (χ1v) is 6.86. The average Bonchev–Trinajstić information content (AvgIpc) is 2.37. The first-order chi connectivity index (χ1) is 9.04. The van der Waals surface area contributed by atoms with Crippen molar-refractivity contribution in [2.75, 3.05) is 18.5 Å². The predicted octanol–water partition coefficient (Wildman–Crippen LogP) is 3.95. The summed E-state index contributed by atoms with van der Waals surface area (Å²) < 4.78 is 0.887. The third-order valence-electron chi connectivity index (χ3n) is 2.73. The topological polar surface area (TPSA) is 40.5 Å². The fraction of sp³-hybridized carbons (Fsp3) is 0.267. The number of aliphatic carboxylic acids is 1. The van der Waals surface area contributed by atoms with Crippen molar-refractivity contribution in [1.29, 1.82) is 0 Å². The van der Waals surface area contributed by atoms with Gasteiger partial charge in [-0.3, -0.25) is 0 Å². The molecule has 3 nitrogen and oxygen atoms in total. The van der Waals surface area contributed by atoms with Gasteiger partial charge >= 0.3 is 5.97 Å². The van der Waals surface area contributed by atoms with Crippen LogP contribution in [0.25, 0.3) is 6.08 Å². The summed E-state index contributed by atoms with van der Waals surface area (Å²) in [6, 6.07) is 5.89. The van der Waals surface area contributed by atoms with Gasteiger partial charge in [-0.25, -0.2) is 4.79 Å². The molecule has 0 atom stereocenters. The molecule has 0 unspecified atom stereocenters. The van der Waals surface area contributed by atoms with Crippen LogP contribution < -0.4 is 4.90 Å². The van der Waals surface area contributed by atoms with Gasteiger partial charge in [-0.15, -0.1) is 6.58 Å². The highest BCUT2D eigenvalue weighted by Crippen LogP contribution is 2.24. The standard InChI is InChI=1S/C15H18BrNO2/c1-3-4-5-10-17(2)13-8-6-12(14(16)11-13)7-9-15(18)19/h3,6-9,11H,1,4-5,10H2,2H3,(H,18,19)/b9-7+. The molecule has 0 heterocycles. The van der Waals surface area contributed by atoms with Crippen molar-refractivity contribution in [2.45, 2.75) is 12.8 Å². The molecule has 1 aromatic rings. The van der Waals surface area contributed by atoms with Crippen molar-refractivity contribution >= 4 is 33.7 Å². The number of allylic oxidation sites excluding steroid dienone is 1. The van der Waals surface area contributed by atoms with Gasteiger partial charge in [-0.2, -0.15) is 0 Å². The zero-order valence-corrected chi connectivity index (χ0v) is 12.6. The Morgan fingerprint density at radius 3 is 2.84 bits per heavy atom. The molecule has 102 valence electrons. The smallest absolute Gasteiger partial charge is 0.328 e. The minimum Gasteiger partial charge on any atom is -0.478 e. The molecular formula is C15H18BrNO2. The van der Waals surface area contributed by atoms with Gasteiger partial charge in [-0.1, -0.05) is 28.1 Å². The summed E-state index contributed by atoms with van der Waals surface area (Å²) in [7, 11) is 2.04. The summed E-state index contributed by atoms with van der Waals surface area (Å²) >= 11 is 3.46. The molecule has 4 heteroatoms. The van der Waals surface area contributed by atoms with Crippen molar-refractivity contribution in [3.8, 4) is 0 Å². The number of halogens is 1. The Bertz CT molecular complexity index is 483. The summed E-state index contributed by atoms with van der Waals surface area (Å²) in [4.78, 5) is 12.7. The van der Waals surface area contributed by atoms with Crippen LogP contribution in [0.4, 0.5) is 5.69 Å². The first-order valence-electron chi connectivity index (χ1n) is 6.07. The summed E-state index contributed by atoms with van der Waals surface area (Å²) in [5.41, 5.74) is 1.95. The Labute approximate surface area is 122 Å². The van der Waals surface area contributed by atoms with Gasteiger partial charge < -0.3 is 10.0 Å². The number of carboxylic acid groups (broad SMARTS) is 1. The Morgan fingerprint density at radius 2 is 2.26 bits per heavy atom. The number of unbranched alkanes of at least 4 members (excludes halogenated alkanes) is 1. The minimum atomic E-state index is -0.947. The second-order valence-electron chi connectivity index (χ2n) is 4.23. The molecule has 0 spiro atoms. The number of carbonyl (C=O) groups is 1. The largest absolute Gasteiger partial charge is 0.478 e. The van der Waals surface area contributed by atoms with Gasteiger partial charge in [0.05, 0.1) is 0 Å². The number of nitrogens with zero attached hydrogens (tertiary/aromatic N) is 1. The molecule has 0 aliphatic carbocycles. The summed E-state index contributed by atoms with van der Waals surface area (Å²) in [6.45, 7) is 4.67. The third kappa shape index (κ3) is 5.30. The second kappa shape index (κ2) is 7.79. The normalized spacial score (nSPS) is 10.6. The molecule has 1 aromatic carbocycles. The van der Waals surface area contributed by atoms with Crippen LogP contribution in [0.5, 0.6) is 0 Å². The van der Waals surface area contributed by atoms with Crippen LogP contribution in [0.15, 0.2) is 41.4 Å². The average molecular weight is 324 g/mol. The van der Waals surface area contributed by atoms with E-state index in [-0.39, 0.29) is 0 Å². The molecule has 0 radical (unpaired) electrons. The van der Waals surface area contributed by atoms with Gasteiger partial charge in [0.15, 0.2) is 0 Å². The fourth-order valence-corrected chi connectivity index (χ4v) is 2.15. The maximum atomic E-state index is 10.5. The molecule has 0 aromatic heterocycles. The van der Waals surface area contributed by atoms with Gasteiger partial charge in [-0.05, 0) is 36.6 Å². The van der Waals surface area contributed by atoms with Crippen molar-refractivity contribution in [1.82, 2.24) is 0 Å². The van der Waals surface area contributed by atoms with Gasteiger partial charge in [0, 0.05) is 29.8 Å². The lowest BCUT2D eigenvalue weighted by Gasteiger charge is -2.19. The van der Waals surface area contributed by atoms with Crippen LogP contribution in [-0.4, -0.2) is 24.7 Å². The van der Waals surface area contributed by atoms with E-state index in [0.717, 1.165) is 41.2 Å². The zero-order valence-electron chi connectivity index (χ0n) is 11.0. The number of anilines is 1. The van der Waals surface area contributed by atoms with E-state index >= 15 is 0 Å². The zero-order chi connectivity index (χ0) is 14.3. The van der Waals surface area contributed by atoms with Crippen molar-refractivity contribution in [2.24, 2.45) is 0 Å². The Kier molecular flexibility index (Phi) is 6.36. The molecule has 1 rings (SSSR count). The van der Waals surface area contributed by atoms with Crippen LogP contribution >= 0.6 is 15.9 Å². The van der Waals surface area contributed by atoms with E-state index < -0.39 is 5.97 Å². The van der Waals surface area contributed by atoms with Crippen molar-refractivity contribution in [3.63, 3.8) is 0 Å². The lowest BCUT2D eigenvalue weighted by Crippen LogP contribution is -2.18. The molecule has 0 saturated heterocycles. The van der Waals surface area contributed by atoms with E-state index in [0.29, 0.717) is 0 Å². The number of hydrogen-bond donors (Lipinski definition) is 1. The molecule has 0 amide bonds. The van der Waals surface area contributed by atoms with E-state index in [2.05, 4.69) is 27.4 Å². The maximum Gasteiger partial charge on any atom is 0.328 e. The van der Waals surface area contributed by atoms with Crippen molar-refractivity contribution in [3.05, 3.63) is 47.0 Å². The molecule has 0 aliphatic rings. The number of benzene rings is 1. The van der Waals surface area contributed by atoms with E-state index in [4.69, 9.17) is 5.11 Å². The van der Waals surface area contributed by atoms with Crippen molar-refractivity contribution < 1.29 is 9.90 Å². The molecule has 0 bridgehead atoms. The van der Waals surface area contributed by atoms with Crippen LogP contribution in [-0.2, 0) is 4.79 Å². The predicted molar refractivity (Wildman–Crippen MR) is 83.5 cm³/mol. The Morgan fingerprint density at radius 1 is 1.53 bits per heavy atom. The highest BCUT2D eigenvalue weighted by molar-refractivity contribution is 9.10. The lowest BCUT2D eigenvalue weighted by molar-refractivity contribution is -0.131. The monoisotopic (exact) mass is 323 g/mol. The maximum absolute atomic E-state index is 10.5. The Balaban J connectivity index is 2.75. The minimum absolute atomic E-state index is 0.852. The number of rotatable bonds is 7.